The summed E-state index contributed by atoms with van der Waals surface area (Å²) >= 11 is 0. The third-order valence-electron chi connectivity index (χ3n) is 3.28. The van der Waals surface area contributed by atoms with Crippen LogP contribution in [0.4, 0.5) is 0 Å². The number of carbonyl (C=O) groups excluding carboxylic acids is 1. The molecule has 3 N–H and O–H groups in total. The quantitative estimate of drug-likeness (QED) is 0.490. The van der Waals surface area contributed by atoms with Gasteiger partial charge in [0.2, 0.25) is 5.91 Å². The number of rotatable bonds is 4. The Kier molecular flexibility index (Phi) is 4.23. The first-order valence-electron chi connectivity index (χ1n) is 6.54. The van der Waals surface area contributed by atoms with Crippen LogP contribution in [-0.2, 0) is 4.79 Å². The first-order chi connectivity index (χ1) is 8.28. The summed E-state index contributed by atoms with van der Waals surface area (Å²) in [6, 6.07) is 0.946. The standard InChI is InChI=1S/C12H22N4O/c1-13-12(16-9-4-2-3-5-9)14-8-11(17)15-10-6-7-10/h9-10H,2-8H2,1H3,(H,15,17)(H2,13,14,16). The fourth-order valence-electron chi connectivity index (χ4n) is 2.13. The van der Waals surface area contributed by atoms with Crippen LogP contribution in [0.15, 0.2) is 4.99 Å². The van der Waals surface area contributed by atoms with Gasteiger partial charge >= 0.3 is 0 Å². The second-order valence-electron chi connectivity index (χ2n) is 4.89. The van der Waals surface area contributed by atoms with E-state index in [4.69, 9.17) is 0 Å². The van der Waals surface area contributed by atoms with Gasteiger partial charge in [-0.25, -0.2) is 0 Å². The van der Waals surface area contributed by atoms with Crippen LogP contribution in [0.1, 0.15) is 38.5 Å². The summed E-state index contributed by atoms with van der Waals surface area (Å²) in [6.45, 7) is 0.308. The molecule has 96 valence electrons. The minimum absolute atomic E-state index is 0.0573. The molecule has 0 bridgehead atoms. The van der Waals surface area contributed by atoms with Gasteiger partial charge in [-0.15, -0.1) is 0 Å². The van der Waals surface area contributed by atoms with E-state index in [2.05, 4.69) is 20.9 Å². The van der Waals surface area contributed by atoms with Crippen LogP contribution in [-0.4, -0.2) is 37.5 Å². The number of nitrogens with one attached hydrogen (secondary N) is 3. The number of hydrogen-bond donors (Lipinski definition) is 3. The summed E-state index contributed by atoms with van der Waals surface area (Å²) in [5.41, 5.74) is 0. The molecule has 0 atom stereocenters. The molecule has 5 nitrogen and oxygen atoms in total. The predicted molar refractivity (Wildman–Crippen MR) is 67.9 cm³/mol. The Morgan fingerprint density at radius 3 is 2.35 bits per heavy atom. The molecule has 0 unspecified atom stereocenters. The predicted octanol–water partition coefficient (Wildman–Crippen LogP) is 0.373. The Labute approximate surface area is 102 Å². The van der Waals surface area contributed by atoms with Crippen LogP contribution in [0.2, 0.25) is 0 Å². The van der Waals surface area contributed by atoms with Gasteiger partial charge in [0.15, 0.2) is 5.96 Å². The normalized spacial score (nSPS) is 21.4. The van der Waals surface area contributed by atoms with Gasteiger partial charge in [0, 0.05) is 19.1 Å². The molecule has 0 aromatic rings. The van der Waals surface area contributed by atoms with Gasteiger partial charge in [-0.3, -0.25) is 9.79 Å². The van der Waals surface area contributed by atoms with Crippen LogP contribution >= 0.6 is 0 Å². The molecular formula is C12H22N4O. The van der Waals surface area contributed by atoms with Gasteiger partial charge in [-0.1, -0.05) is 12.8 Å². The average Bonchev–Trinajstić information content (AvgIpc) is 2.98. The fraction of sp³-hybridized carbons (Fsp3) is 0.833. The smallest absolute Gasteiger partial charge is 0.239 e. The van der Waals surface area contributed by atoms with Crippen LogP contribution in [0.25, 0.3) is 0 Å². The number of carbonyl (C=O) groups is 1. The molecule has 0 radical (unpaired) electrons. The zero-order valence-corrected chi connectivity index (χ0v) is 10.5. The number of hydrogen-bond acceptors (Lipinski definition) is 2. The Bertz CT molecular complexity index is 293. The molecule has 0 saturated heterocycles. The zero-order valence-electron chi connectivity index (χ0n) is 10.5. The van der Waals surface area contributed by atoms with Crippen molar-refractivity contribution in [2.24, 2.45) is 4.99 Å². The van der Waals surface area contributed by atoms with Crippen molar-refractivity contribution in [3.8, 4) is 0 Å². The Morgan fingerprint density at radius 2 is 1.76 bits per heavy atom. The van der Waals surface area contributed by atoms with Gasteiger partial charge in [0.25, 0.3) is 0 Å². The number of guanidine groups is 1. The largest absolute Gasteiger partial charge is 0.354 e. The van der Waals surface area contributed by atoms with E-state index < -0.39 is 0 Å². The molecule has 17 heavy (non-hydrogen) atoms. The van der Waals surface area contributed by atoms with Crippen molar-refractivity contribution in [3.05, 3.63) is 0 Å². The Balaban J connectivity index is 1.65. The molecule has 0 aromatic carbocycles. The van der Waals surface area contributed by atoms with Gasteiger partial charge in [-0.05, 0) is 25.7 Å². The van der Waals surface area contributed by atoms with Crippen molar-refractivity contribution in [1.82, 2.24) is 16.0 Å². The Hall–Kier alpha value is -1.26. The molecule has 2 rings (SSSR count). The average molecular weight is 238 g/mol. The van der Waals surface area contributed by atoms with Crippen LogP contribution in [0, 0.1) is 0 Å². The highest BCUT2D eigenvalue weighted by molar-refractivity contribution is 5.86. The first-order valence-corrected chi connectivity index (χ1v) is 6.54. The third-order valence-corrected chi connectivity index (χ3v) is 3.28. The molecule has 5 heteroatoms. The van der Waals surface area contributed by atoms with E-state index in [0.717, 1.165) is 18.8 Å². The lowest BCUT2D eigenvalue weighted by Crippen LogP contribution is -2.46. The number of amides is 1. The molecule has 0 spiro atoms. The first kappa shape index (κ1) is 12.2. The molecule has 2 saturated carbocycles. The molecule has 1 amide bonds. The molecule has 0 aliphatic heterocycles. The van der Waals surface area contributed by atoms with Gasteiger partial charge in [0.1, 0.15) is 0 Å². The molecule has 0 heterocycles. The Morgan fingerprint density at radius 1 is 1.12 bits per heavy atom. The summed E-state index contributed by atoms with van der Waals surface area (Å²) in [5, 5.41) is 9.35. The van der Waals surface area contributed by atoms with E-state index in [1.54, 1.807) is 7.05 Å². The van der Waals surface area contributed by atoms with Crippen molar-refractivity contribution in [2.75, 3.05) is 13.6 Å². The van der Waals surface area contributed by atoms with E-state index in [1.165, 1.54) is 25.7 Å². The minimum Gasteiger partial charge on any atom is -0.354 e. The van der Waals surface area contributed by atoms with Crippen molar-refractivity contribution >= 4 is 11.9 Å². The van der Waals surface area contributed by atoms with Gasteiger partial charge in [-0.2, -0.15) is 0 Å². The fourth-order valence-corrected chi connectivity index (χ4v) is 2.13. The van der Waals surface area contributed by atoms with E-state index in [1.807, 2.05) is 0 Å². The van der Waals surface area contributed by atoms with E-state index in [9.17, 15) is 4.79 Å². The molecular weight excluding hydrogens is 216 g/mol. The number of nitrogens with zero attached hydrogens (tertiary/aromatic N) is 1. The van der Waals surface area contributed by atoms with Gasteiger partial charge in [0.05, 0.1) is 6.54 Å². The van der Waals surface area contributed by atoms with E-state index >= 15 is 0 Å². The van der Waals surface area contributed by atoms with Crippen LogP contribution in [0.3, 0.4) is 0 Å². The molecule has 0 aromatic heterocycles. The summed E-state index contributed by atoms with van der Waals surface area (Å²) in [5.74, 6) is 0.796. The summed E-state index contributed by atoms with van der Waals surface area (Å²) in [6.07, 6.45) is 7.24. The van der Waals surface area contributed by atoms with Crippen LogP contribution in [0.5, 0.6) is 0 Å². The zero-order chi connectivity index (χ0) is 12.1. The minimum atomic E-state index is 0.0573. The monoisotopic (exact) mass is 238 g/mol. The number of aliphatic imine (C=N–C) groups is 1. The lowest BCUT2D eigenvalue weighted by atomic mass is 10.2. The highest BCUT2D eigenvalue weighted by Gasteiger charge is 2.23. The van der Waals surface area contributed by atoms with Crippen molar-refractivity contribution in [1.29, 1.82) is 0 Å². The second-order valence-corrected chi connectivity index (χ2v) is 4.89. The lowest BCUT2D eigenvalue weighted by Gasteiger charge is -2.16. The molecule has 2 aliphatic rings. The SMILES string of the molecule is CN=C(NCC(=O)NC1CC1)NC1CCCC1. The summed E-state index contributed by atoms with van der Waals surface area (Å²) < 4.78 is 0. The highest BCUT2D eigenvalue weighted by atomic mass is 16.2. The second kappa shape index (κ2) is 5.89. The molecule has 2 aliphatic carbocycles. The summed E-state index contributed by atoms with van der Waals surface area (Å²) in [4.78, 5) is 15.6. The maximum Gasteiger partial charge on any atom is 0.239 e. The maximum atomic E-state index is 11.5. The van der Waals surface area contributed by atoms with E-state index in [0.29, 0.717) is 18.6 Å². The third kappa shape index (κ3) is 4.24. The van der Waals surface area contributed by atoms with Crippen molar-refractivity contribution < 1.29 is 4.79 Å². The van der Waals surface area contributed by atoms with Crippen molar-refractivity contribution in [2.45, 2.75) is 50.6 Å². The topological polar surface area (TPSA) is 65.5 Å². The van der Waals surface area contributed by atoms with Crippen LogP contribution < -0.4 is 16.0 Å². The van der Waals surface area contributed by atoms with Gasteiger partial charge < -0.3 is 16.0 Å². The maximum absolute atomic E-state index is 11.5. The lowest BCUT2D eigenvalue weighted by molar-refractivity contribution is -0.120. The van der Waals surface area contributed by atoms with Crippen molar-refractivity contribution in [3.63, 3.8) is 0 Å². The molecule has 2 fully saturated rings. The summed E-state index contributed by atoms with van der Waals surface area (Å²) in [7, 11) is 1.74. The highest BCUT2D eigenvalue weighted by Crippen LogP contribution is 2.18. The van der Waals surface area contributed by atoms with E-state index in [-0.39, 0.29) is 5.91 Å².